The van der Waals surface area contributed by atoms with Crippen LogP contribution < -0.4 is 0 Å². The Morgan fingerprint density at radius 2 is 2.09 bits per heavy atom. The van der Waals surface area contributed by atoms with Crippen molar-refractivity contribution in [3.8, 4) is 0 Å². The Bertz CT molecular complexity index is 714. The number of carboxylic acids is 1. The zero-order valence-corrected chi connectivity index (χ0v) is 13.8. The molecule has 0 spiro atoms. The molecule has 0 aliphatic carbocycles. The third-order valence-corrected chi connectivity index (χ3v) is 4.45. The largest absolute Gasteiger partial charge is 0.481 e. The molecule has 1 N–H and O–H groups in total. The number of carbonyl (C=O) groups is 3. The Kier molecular flexibility index (Phi) is 5.51. The van der Waals surface area contributed by atoms with Crippen molar-refractivity contribution in [3.05, 3.63) is 40.3 Å². The summed E-state index contributed by atoms with van der Waals surface area (Å²) in [6, 6.07) is 6.73. The lowest BCUT2D eigenvalue weighted by Gasteiger charge is -2.12. The number of methoxy groups -OCH3 is 1. The Morgan fingerprint density at radius 3 is 2.74 bits per heavy atom. The number of amides is 1. The third kappa shape index (κ3) is 3.96. The van der Waals surface area contributed by atoms with Crippen LogP contribution in [0.3, 0.4) is 0 Å². The van der Waals surface area contributed by atoms with Crippen LogP contribution in [-0.2, 0) is 14.3 Å². The summed E-state index contributed by atoms with van der Waals surface area (Å²) in [7, 11) is 1.28. The first-order valence-electron chi connectivity index (χ1n) is 6.58. The first-order valence-corrected chi connectivity index (χ1v) is 7.81. The minimum absolute atomic E-state index is 0.0238. The highest BCUT2D eigenvalue weighted by molar-refractivity contribution is 8.26. The summed E-state index contributed by atoms with van der Waals surface area (Å²) in [5.41, 5.74) is 0.879. The molecule has 1 amide bonds. The third-order valence-electron chi connectivity index (χ3n) is 3.08. The van der Waals surface area contributed by atoms with E-state index in [1.54, 1.807) is 30.3 Å². The van der Waals surface area contributed by atoms with Crippen molar-refractivity contribution in [3.63, 3.8) is 0 Å². The zero-order chi connectivity index (χ0) is 17.0. The van der Waals surface area contributed by atoms with Crippen LogP contribution in [0.5, 0.6) is 0 Å². The molecule has 1 aromatic carbocycles. The smallest absolute Gasteiger partial charge is 0.338 e. The topological polar surface area (TPSA) is 83.9 Å². The number of esters is 1. The van der Waals surface area contributed by atoms with Crippen molar-refractivity contribution < 1.29 is 24.2 Å². The fraction of sp³-hybridized carbons (Fsp3) is 0.200. The fourth-order valence-electron chi connectivity index (χ4n) is 1.96. The van der Waals surface area contributed by atoms with E-state index in [4.69, 9.17) is 22.1 Å². The Labute approximate surface area is 142 Å². The van der Waals surface area contributed by atoms with Gasteiger partial charge in [-0.15, -0.1) is 0 Å². The van der Waals surface area contributed by atoms with Gasteiger partial charge in [-0.05, 0) is 17.7 Å². The normalized spacial score (nSPS) is 16.0. The van der Waals surface area contributed by atoms with E-state index in [0.29, 0.717) is 20.4 Å². The molecule has 23 heavy (non-hydrogen) atoms. The van der Waals surface area contributed by atoms with Crippen molar-refractivity contribution in [2.45, 2.75) is 6.42 Å². The number of nitrogens with zero attached hydrogens (tertiary/aromatic N) is 1. The van der Waals surface area contributed by atoms with Gasteiger partial charge in [-0.25, -0.2) is 4.79 Å². The molecule has 0 radical (unpaired) electrons. The number of hydrogen-bond donors (Lipinski definition) is 1. The van der Waals surface area contributed by atoms with Crippen LogP contribution >= 0.6 is 24.0 Å². The van der Waals surface area contributed by atoms with Crippen molar-refractivity contribution in [2.24, 2.45) is 0 Å². The van der Waals surface area contributed by atoms with Crippen LogP contribution in [0.25, 0.3) is 6.08 Å². The molecule has 120 valence electrons. The molecular weight excluding hydrogens is 338 g/mol. The van der Waals surface area contributed by atoms with Gasteiger partial charge >= 0.3 is 11.9 Å². The molecule has 1 heterocycles. The molecule has 6 nitrogen and oxygen atoms in total. The Morgan fingerprint density at radius 1 is 1.39 bits per heavy atom. The van der Waals surface area contributed by atoms with Gasteiger partial charge in [0.05, 0.1) is 24.0 Å². The molecule has 1 aromatic rings. The summed E-state index contributed by atoms with van der Waals surface area (Å²) in [6.07, 6.45) is 1.38. The second-order valence-electron chi connectivity index (χ2n) is 4.56. The van der Waals surface area contributed by atoms with Crippen LogP contribution in [0.1, 0.15) is 22.3 Å². The Hall–Kier alpha value is -2.19. The predicted molar refractivity (Wildman–Crippen MR) is 89.9 cm³/mol. The van der Waals surface area contributed by atoms with E-state index >= 15 is 0 Å². The molecule has 8 heteroatoms. The van der Waals surface area contributed by atoms with E-state index in [1.807, 2.05) is 0 Å². The molecule has 2 rings (SSSR count). The molecule has 0 atom stereocenters. The highest BCUT2D eigenvalue weighted by atomic mass is 32.2. The fourth-order valence-corrected chi connectivity index (χ4v) is 3.26. The van der Waals surface area contributed by atoms with Crippen LogP contribution in [0.2, 0.25) is 0 Å². The van der Waals surface area contributed by atoms with Crippen LogP contribution in [-0.4, -0.2) is 45.8 Å². The van der Waals surface area contributed by atoms with Gasteiger partial charge in [0.1, 0.15) is 4.32 Å². The summed E-state index contributed by atoms with van der Waals surface area (Å²) in [5.74, 6) is -1.86. The SMILES string of the molecule is COC(=O)c1ccccc1/C=C1\SC(=S)N(CCC(=O)O)C1=O. The summed E-state index contributed by atoms with van der Waals surface area (Å²) < 4.78 is 5.02. The van der Waals surface area contributed by atoms with Gasteiger partial charge in [0.25, 0.3) is 5.91 Å². The molecule has 1 saturated heterocycles. The average Bonchev–Trinajstić information content (AvgIpc) is 2.79. The molecule has 1 aliphatic rings. The lowest BCUT2D eigenvalue weighted by Crippen LogP contribution is -2.30. The molecule has 1 aliphatic heterocycles. The minimum Gasteiger partial charge on any atom is -0.481 e. The van der Waals surface area contributed by atoms with E-state index in [9.17, 15) is 14.4 Å². The number of carboxylic acid groups (broad SMARTS) is 1. The number of ether oxygens (including phenoxy) is 1. The molecule has 0 saturated carbocycles. The van der Waals surface area contributed by atoms with E-state index in [2.05, 4.69) is 0 Å². The first kappa shape index (κ1) is 17.2. The van der Waals surface area contributed by atoms with Gasteiger partial charge in [-0.3, -0.25) is 14.5 Å². The van der Waals surface area contributed by atoms with Gasteiger partial charge in [0.2, 0.25) is 0 Å². The second-order valence-corrected chi connectivity index (χ2v) is 6.23. The van der Waals surface area contributed by atoms with E-state index in [1.165, 1.54) is 12.0 Å². The molecular formula is C15H13NO5S2. The summed E-state index contributed by atoms with van der Waals surface area (Å²) in [5, 5.41) is 8.72. The van der Waals surface area contributed by atoms with Crippen molar-refractivity contribution in [1.82, 2.24) is 4.90 Å². The minimum atomic E-state index is -1.00. The number of hydrogen-bond acceptors (Lipinski definition) is 6. The number of thioether (sulfide) groups is 1. The maximum absolute atomic E-state index is 12.3. The van der Waals surface area contributed by atoms with Crippen LogP contribution in [0.4, 0.5) is 0 Å². The second kappa shape index (κ2) is 7.38. The van der Waals surface area contributed by atoms with Gasteiger partial charge in [0.15, 0.2) is 0 Å². The number of aliphatic carboxylic acids is 1. The van der Waals surface area contributed by atoms with E-state index < -0.39 is 11.9 Å². The average molecular weight is 351 g/mol. The number of rotatable bonds is 5. The van der Waals surface area contributed by atoms with Gasteiger partial charge in [-0.2, -0.15) is 0 Å². The van der Waals surface area contributed by atoms with Gasteiger partial charge in [0, 0.05) is 6.54 Å². The highest BCUT2D eigenvalue weighted by Gasteiger charge is 2.32. The number of thiocarbonyl (C=S) groups is 1. The lowest BCUT2D eigenvalue weighted by atomic mass is 10.1. The molecule has 1 fully saturated rings. The number of carbonyl (C=O) groups excluding carboxylic acids is 2. The maximum Gasteiger partial charge on any atom is 0.338 e. The highest BCUT2D eigenvalue weighted by Crippen LogP contribution is 2.33. The van der Waals surface area contributed by atoms with Crippen molar-refractivity contribution in [2.75, 3.05) is 13.7 Å². The van der Waals surface area contributed by atoms with Crippen molar-refractivity contribution in [1.29, 1.82) is 0 Å². The summed E-state index contributed by atoms with van der Waals surface area (Å²) in [6.45, 7) is 0.0238. The monoisotopic (exact) mass is 351 g/mol. The Balaban J connectivity index is 2.28. The zero-order valence-electron chi connectivity index (χ0n) is 12.1. The van der Waals surface area contributed by atoms with Crippen LogP contribution in [0, 0.1) is 0 Å². The lowest BCUT2D eigenvalue weighted by molar-refractivity contribution is -0.137. The predicted octanol–water partition coefficient (Wildman–Crippen LogP) is 2.15. The quantitative estimate of drug-likeness (QED) is 0.494. The molecule has 0 aromatic heterocycles. The number of benzene rings is 1. The van der Waals surface area contributed by atoms with Gasteiger partial charge < -0.3 is 9.84 Å². The summed E-state index contributed by atoms with van der Waals surface area (Å²) >= 11 is 6.19. The van der Waals surface area contributed by atoms with Gasteiger partial charge in [-0.1, -0.05) is 42.2 Å². The van der Waals surface area contributed by atoms with E-state index in [-0.39, 0.29) is 18.9 Å². The maximum atomic E-state index is 12.3. The molecule has 0 unspecified atom stereocenters. The first-order chi connectivity index (χ1) is 10.9. The summed E-state index contributed by atoms with van der Waals surface area (Å²) in [4.78, 5) is 36.3. The van der Waals surface area contributed by atoms with Crippen LogP contribution in [0.15, 0.2) is 29.2 Å². The van der Waals surface area contributed by atoms with E-state index in [0.717, 1.165) is 11.8 Å². The molecule has 0 bridgehead atoms. The standard InChI is InChI=1S/C15H13NO5S2/c1-21-14(20)10-5-3-2-4-9(10)8-11-13(19)16(15(22)23-11)7-6-12(17)18/h2-5,8H,6-7H2,1H3,(H,17,18)/b11-8-. The van der Waals surface area contributed by atoms with Crippen molar-refractivity contribution >= 4 is 52.2 Å².